The van der Waals surface area contributed by atoms with Gasteiger partial charge in [0.1, 0.15) is 5.82 Å². The molecule has 0 aliphatic rings. The van der Waals surface area contributed by atoms with Crippen LogP contribution in [0.5, 0.6) is 0 Å². The summed E-state index contributed by atoms with van der Waals surface area (Å²) in [5.41, 5.74) is -0.542. The summed E-state index contributed by atoms with van der Waals surface area (Å²) < 4.78 is 52.9. The zero-order valence-electron chi connectivity index (χ0n) is 9.98. The Bertz CT molecular complexity index is 774. The van der Waals surface area contributed by atoms with Gasteiger partial charge < -0.3 is 0 Å². The second kappa shape index (κ2) is 5.50. The fourth-order valence-electron chi connectivity index (χ4n) is 1.49. The molecule has 0 fully saturated rings. The van der Waals surface area contributed by atoms with Crippen LogP contribution in [0.15, 0.2) is 30.3 Å². The van der Waals surface area contributed by atoms with Crippen molar-refractivity contribution in [3.63, 3.8) is 0 Å². The topological polar surface area (TPSA) is 0 Å². The average molecular weight is 274 g/mol. The van der Waals surface area contributed by atoms with Gasteiger partial charge in [-0.15, -0.1) is 6.42 Å². The highest BCUT2D eigenvalue weighted by atomic mass is 19.2. The molecule has 0 aliphatic carbocycles. The Balaban J connectivity index is 2.48. The van der Waals surface area contributed by atoms with Crippen molar-refractivity contribution < 1.29 is 17.6 Å². The molecule has 0 unspecified atom stereocenters. The molecule has 0 saturated carbocycles. The largest absolute Gasteiger partial charge is 0.206 e. The van der Waals surface area contributed by atoms with Crippen LogP contribution in [0.1, 0.15) is 16.7 Å². The van der Waals surface area contributed by atoms with Gasteiger partial charge in [-0.3, -0.25) is 0 Å². The Morgan fingerprint density at radius 2 is 1.50 bits per heavy atom. The number of terminal acetylenes is 1. The third-order valence-electron chi connectivity index (χ3n) is 2.50. The molecule has 0 spiro atoms. The number of halogens is 4. The second-order valence-corrected chi connectivity index (χ2v) is 3.81. The van der Waals surface area contributed by atoms with Crippen molar-refractivity contribution in [3.8, 4) is 24.2 Å². The minimum absolute atomic E-state index is 0.0915. The smallest absolute Gasteiger partial charge is 0.160 e. The van der Waals surface area contributed by atoms with Gasteiger partial charge in [-0.25, -0.2) is 17.6 Å². The van der Waals surface area contributed by atoms with E-state index in [0.29, 0.717) is 0 Å². The molecule has 20 heavy (non-hydrogen) atoms. The molecule has 0 N–H and O–H groups in total. The Labute approximate surface area is 113 Å². The molecule has 0 radical (unpaired) electrons. The van der Waals surface area contributed by atoms with Gasteiger partial charge >= 0.3 is 0 Å². The summed E-state index contributed by atoms with van der Waals surface area (Å²) in [6.45, 7) is 0. The third kappa shape index (κ3) is 2.65. The maximum atomic E-state index is 13.8. The molecule has 0 nitrogen and oxygen atoms in total. The van der Waals surface area contributed by atoms with Crippen LogP contribution in [0.25, 0.3) is 0 Å². The number of hydrogen-bond acceptors (Lipinski definition) is 0. The number of benzene rings is 2. The van der Waals surface area contributed by atoms with Crippen LogP contribution in [0, 0.1) is 47.5 Å². The second-order valence-electron chi connectivity index (χ2n) is 3.81. The van der Waals surface area contributed by atoms with Gasteiger partial charge in [0.05, 0.1) is 11.1 Å². The van der Waals surface area contributed by atoms with Gasteiger partial charge in [0.15, 0.2) is 17.5 Å². The molecular weight excluding hydrogens is 268 g/mol. The molecule has 2 aromatic carbocycles. The first-order valence-corrected chi connectivity index (χ1v) is 5.44. The Morgan fingerprint density at radius 3 is 2.15 bits per heavy atom. The number of hydrogen-bond donors (Lipinski definition) is 0. The van der Waals surface area contributed by atoms with E-state index in [1.165, 1.54) is 6.07 Å². The van der Waals surface area contributed by atoms with E-state index in [9.17, 15) is 17.6 Å². The molecule has 0 bridgehead atoms. The fourth-order valence-corrected chi connectivity index (χ4v) is 1.49. The van der Waals surface area contributed by atoms with E-state index in [0.717, 1.165) is 24.3 Å². The molecule has 4 heteroatoms. The Hall–Kier alpha value is -2.72. The molecule has 0 aromatic heterocycles. The van der Waals surface area contributed by atoms with Crippen LogP contribution >= 0.6 is 0 Å². The maximum Gasteiger partial charge on any atom is 0.160 e. The van der Waals surface area contributed by atoms with Crippen molar-refractivity contribution in [2.24, 2.45) is 0 Å². The van der Waals surface area contributed by atoms with Crippen molar-refractivity contribution in [2.45, 2.75) is 0 Å². The zero-order chi connectivity index (χ0) is 14.7. The van der Waals surface area contributed by atoms with E-state index >= 15 is 0 Å². The summed E-state index contributed by atoms with van der Waals surface area (Å²) in [7, 11) is 0. The third-order valence-corrected chi connectivity index (χ3v) is 2.50. The lowest BCUT2D eigenvalue weighted by Crippen LogP contribution is -1.94. The van der Waals surface area contributed by atoms with E-state index in [4.69, 9.17) is 6.42 Å². The molecule has 0 heterocycles. The van der Waals surface area contributed by atoms with Crippen molar-refractivity contribution >= 4 is 0 Å². The van der Waals surface area contributed by atoms with Crippen LogP contribution in [0.2, 0.25) is 0 Å². The molecule has 2 aromatic rings. The highest BCUT2D eigenvalue weighted by Gasteiger charge is 2.10. The highest BCUT2D eigenvalue weighted by Crippen LogP contribution is 2.15. The first kappa shape index (κ1) is 13.7. The van der Waals surface area contributed by atoms with Crippen LogP contribution in [0.3, 0.4) is 0 Å². The molecule has 2 rings (SSSR count). The molecule has 0 amide bonds. The predicted molar refractivity (Wildman–Crippen MR) is 66.6 cm³/mol. The van der Waals surface area contributed by atoms with E-state index in [-0.39, 0.29) is 11.1 Å². The normalized spacial score (nSPS) is 9.55. The molecule has 0 aliphatic heterocycles. The van der Waals surface area contributed by atoms with Gasteiger partial charge in [-0.05, 0) is 30.3 Å². The SMILES string of the molecule is C#Cc1ccc(F)c(C#Cc2ccc(F)c(F)c2)c1F. The van der Waals surface area contributed by atoms with Gasteiger partial charge in [-0.2, -0.15) is 0 Å². The molecular formula is C16H6F4. The van der Waals surface area contributed by atoms with Crippen molar-refractivity contribution in [3.05, 3.63) is 70.3 Å². The highest BCUT2D eigenvalue weighted by molar-refractivity contribution is 5.48. The fraction of sp³-hybridized carbons (Fsp3) is 0. The summed E-state index contributed by atoms with van der Waals surface area (Å²) in [4.78, 5) is 0. The van der Waals surface area contributed by atoms with E-state index in [2.05, 4.69) is 17.8 Å². The minimum Gasteiger partial charge on any atom is -0.206 e. The van der Waals surface area contributed by atoms with E-state index in [1.807, 2.05) is 0 Å². The average Bonchev–Trinajstić information content (AvgIpc) is 2.42. The standard InChI is InChI=1S/C16H6F4/c1-2-11-5-8-13(17)12(16(11)20)6-3-10-4-7-14(18)15(19)9-10/h1,4-5,7-9H. The quantitative estimate of drug-likeness (QED) is 0.508. The summed E-state index contributed by atoms with van der Waals surface area (Å²) in [6.07, 6.45) is 5.06. The molecule has 98 valence electrons. The Morgan fingerprint density at radius 1 is 0.800 bits per heavy atom. The zero-order valence-corrected chi connectivity index (χ0v) is 9.98. The van der Waals surface area contributed by atoms with Crippen molar-refractivity contribution in [1.29, 1.82) is 0 Å². The molecule has 0 saturated heterocycles. The number of rotatable bonds is 0. The van der Waals surface area contributed by atoms with Crippen molar-refractivity contribution in [2.75, 3.05) is 0 Å². The van der Waals surface area contributed by atoms with Gasteiger partial charge in [-0.1, -0.05) is 17.8 Å². The summed E-state index contributed by atoms with van der Waals surface area (Å²) in [6, 6.07) is 5.03. The van der Waals surface area contributed by atoms with E-state index in [1.54, 1.807) is 0 Å². The molecule has 0 atom stereocenters. The lowest BCUT2D eigenvalue weighted by Gasteiger charge is -1.99. The minimum atomic E-state index is -1.09. The summed E-state index contributed by atoms with van der Waals surface area (Å²) in [5.74, 6) is 2.70. The summed E-state index contributed by atoms with van der Waals surface area (Å²) in [5, 5.41) is 0. The van der Waals surface area contributed by atoms with Crippen LogP contribution < -0.4 is 0 Å². The van der Waals surface area contributed by atoms with Gasteiger partial charge in [0.25, 0.3) is 0 Å². The lowest BCUT2D eigenvalue weighted by atomic mass is 10.1. The predicted octanol–water partition coefficient (Wildman–Crippen LogP) is 3.62. The Kier molecular flexibility index (Phi) is 3.77. The lowest BCUT2D eigenvalue weighted by molar-refractivity contribution is 0.508. The monoisotopic (exact) mass is 274 g/mol. The van der Waals surface area contributed by atoms with E-state index < -0.39 is 28.8 Å². The maximum absolute atomic E-state index is 13.8. The summed E-state index contributed by atoms with van der Waals surface area (Å²) >= 11 is 0. The van der Waals surface area contributed by atoms with Crippen LogP contribution in [-0.2, 0) is 0 Å². The first-order valence-electron chi connectivity index (χ1n) is 5.44. The van der Waals surface area contributed by atoms with Crippen LogP contribution in [-0.4, -0.2) is 0 Å². The van der Waals surface area contributed by atoms with Crippen LogP contribution in [0.4, 0.5) is 17.6 Å². The van der Waals surface area contributed by atoms with Gasteiger partial charge in [0.2, 0.25) is 0 Å². The van der Waals surface area contributed by atoms with Crippen molar-refractivity contribution in [1.82, 2.24) is 0 Å². The first-order chi connectivity index (χ1) is 9.52. The van der Waals surface area contributed by atoms with Gasteiger partial charge in [0, 0.05) is 5.56 Å².